The Kier molecular flexibility index (Phi) is 6.98. The van der Waals surface area contributed by atoms with Crippen LogP contribution in [0.15, 0.2) is 48.5 Å². The van der Waals surface area contributed by atoms with Gasteiger partial charge >= 0.3 is 0 Å². The minimum atomic E-state index is -3.64. The van der Waals surface area contributed by atoms with Crippen molar-refractivity contribution in [2.24, 2.45) is 0 Å². The number of carbonyl (C=O) groups excluding carboxylic acids is 1. The number of amides is 1. The molecule has 0 spiro atoms. The quantitative estimate of drug-likeness (QED) is 0.750. The molecule has 0 aliphatic carbocycles. The number of nitrogens with one attached hydrogen (secondary N) is 1. The first-order chi connectivity index (χ1) is 12.8. The first kappa shape index (κ1) is 20.9. The SMILES string of the molecule is CC[C@H](C(=O)Nc1cccc(COC)c1)N(c1ccc(C)cc1)S(C)(=O)=O. The van der Waals surface area contributed by atoms with Crippen molar-refractivity contribution in [2.45, 2.75) is 32.9 Å². The zero-order valence-corrected chi connectivity index (χ0v) is 16.9. The molecule has 146 valence electrons. The second kappa shape index (κ2) is 9.01. The van der Waals surface area contributed by atoms with Crippen LogP contribution >= 0.6 is 0 Å². The normalized spacial score (nSPS) is 12.4. The Balaban J connectivity index is 2.32. The number of aryl methyl sites for hydroxylation is 1. The average molecular weight is 391 g/mol. The van der Waals surface area contributed by atoms with E-state index in [4.69, 9.17) is 4.74 Å². The molecule has 0 aliphatic rings. The highest BCUT2D eigenvalue weighted by atomic mass is 32.2. The summed E-state index contributed by atoms with van der Waals surface area (Å²) in [6, 6.07) is 13.5. The van der Waals surface area contributed by atoms with Crippen LogP contribution in [0.25, 0.3) is 0 Å². The van der Waals surface area contributed by atoms with Gasteiger partial charge in [0.25, 0.3) is 0 Å². The van der Waals surface area contributed by atoms with Crippen LogP contribution in [0.5, 0.6) is 0 Å². The van der Waals surface area contributed by atoms with E-state index in [0.29, 0.717) is 24.4 Å². The number of sulfonamides is 1. The van der Waals surface area contributed by atoms with Crippen molar-refractivity contribution < 1.29 is 17.9 Å². The number of hydrogen-bond donors (Lipinski definition) is 1. The highest BCUT2D eigenvalue weighted by Crippen LogP contribution is 2.24. The summed E-state index contributed by atoms with van der Waals surface area (Å²) in [6.07, 6.45) is 1.45. The standard InChI is InChI=1S/C20H26N2O4S/c1-5-19(20(23)21-17-8-6-7-16(13-17)14-26-3)22(27(4,24)25)18-11-9-15(2)10-12-18/h6-13,19H,5,14H2,1-4H3,(H,21,23)/t19-/m1/s1. The lowest BCUT2D eigenvalue weighted by molar-refractivity contribution is -0.117. The number of carbonyl (C=O) groups is 1. The molecule has 0 radical (unpaired) electrons. The molecule has 1 amide bonds. The molecule has 0 saturated carbocycles. The summed E-state index contributed by atoms with van der Waals surface area (Å²) in [7, 11) is -2.04. The molecular formula is C20H26N2O4S. The Labute approximate surface area is 161 Å². The third-order valence-electron chi connectivity index (χ3n) is 4.12. The molecule has 0 aliphatic heterocycles. The van der Waals surface area contributed by atoms with E-state index in [2.05, 4.69) is 5.32 Å². The van der Waals surface area contributed by atoms with Crippen LogP contribution in [0.3, 0.4) is 0 Å². The Bertz CT molecular complexity index is 879. The number of benzene rings is 2. The maximum atomic E-state index is 12.9. The predicted molar refractivity (Wildman–Crippen MR) is 108 cm³/mol. The molecule has 0 bridgehead atoms. The molecule has 2 rings (SSSR count). The minimum Gasteiger partial charge on any atom is -0.380 e. The molecule has 6 nitrogen and oxygen atoms in total. The second-order valence-corrected chi connectivity index (χ2v) is 8.30. The third-order valence-corrected chi connectivity index (χ3v) is 5.30. The fraction of sp³-hybridized carbons (Fsp3) is 0.350. The molecule has 2 aromatic rings. The Hall–Kier alpha value is -2.38. The van der Waals surface area contributed by atoms with Crippen LogP contribution < -0.4 is 9.62 Å². The summed E-state index contributed by atoms with van der Waals surface area (Å²) in [6.45, 7) is 4.14. The fourth-order valence-corrected chi connectivity index (χ4v) is 4.09. The van der Waals surface area contributed by atoms with Gasteiger partial charge < -0.3 is 10.1 Å². The summed E-state index contributed by atoms with van der Waals surface area (Å²) >= 11 is 0. The topological polar surface area (TPSA) is 75.7 Å². The van der Waals surface area contributed by atoms with Crippen molar-refractivity contribution in [3.05, 3.63) is 59.7 Å². The lowest BCUT2D eigenvalue weighted by Crippen LogP contribution is -2.47. The maximum absolute atomic E-state index is 12.9. The van der Waals surface area contributed by atoms with Crippen LogP contribution in [0.4, 0.5) is 11.4 Å². The number of anilines is 2. The molecule has 1 N–H and O–H groups in total. The molecule has 0 saturated heterocycles. The molecule has 7 heteroatoms. The van der Waals surface area contributed by atoms with Crippen molar-refractivity contribution in [1.82, 2.24) is 0 Å². The van der Waals surface area contributed by atoms with E-state index < -0.39 is 16.1 Å². The average Bonchev–Trinajstić information content (AvgIpc) is 2.60. The smallest absolute Gasteiger partial charge is 0.248 e. The first-order valence-corrected chi connectivity index (χ1v) is 10.6. The Morgan fingerprint density at radius 3 is 2.41 bits per heavy atom. The Morgan fingerprint density at radius 1 is 1.19 bits per heavy atom. The van der Waals surface area contributed by atoms with Crippen molar-refractivity contribution in [2.75, 3.05) is 23.0 Å². The van der Waals surface area contributed by atoms with Gasteiger partial charge in [0, 0.05) is 12.8 Å². The monoisotopic (exact) mass is 390 g/mol. The van der Waals surface area contributed by atoms with Crippen LogP contribution in [-0.4, -0.2) is 33.7 Å². The molecule has 0 fully saturated rings. The van der Waals surface area contributed by atoms with E-state index in [9.17, 15) is 13.2 Å². The van der Waals surface area contributed by atoms with Crippen molar-refractivity contribution in [3.63, 3.8) is 0 Å². The molecule has 0 heterocycles. The highest BCUT2D eigenvalue weighted by molar-refractivity contribution is 7.92. The fourth-order valence-electron chi connectivity index (χ4n) is 2.88. The van der Waals surface area contributed by atoms with Gasteiger partial charge in [0.2, 0.25) is 15.9 Å². The number of ether oxygens (including phenoxy) is 1. The zero-order valence-electron chi connectivity index (χ0n) is 16.1. The van der Waals surface area contributed by atoms with Gasteiger partial charge in [0.1, 0.15) is 6.04 Å². The first-order valence-electron chi connectivity index (χ1n) is 8.71. The van der Waals surface area contributed by atoms with Crippen LogP contribution in [-0.2, 0) is 26.2 Å². The van der Waals surface area contributed by atoms with Crippen molar-refractivity contribution >= 4 is 27.3 Å². The number of nitrogens with zero attached hydrogens (tertiary/aromatic N) is 1. The molecule has 1 atom stereocenters. The van der Waals surface area contributed by atoms with Crippen LogP contribution in [0.1, 0.15) is 24.5 Å². The van der Waals surface area contributed by atoms with Gasteiger partial charge in [-0.15, -0.1) is 0 Å². The summed E-state index contributed by atoms with van der Waals surface area (Å²) in [5.74, 6) is -0.377. The number of hydrogen-bond acceptors (Lipinski definition) is 4. The summed E-state index contributed by atoms with van der Waals surface area (Å²) < 4.78 is 31.2. The van der Waals surface area contributed by atoms with E-state index in [-0.39, 0.29) is 5.91 Å². The summed E-state index contributed by atoms with van der Waals surface area (Å²) in [4.78, 5) is 12.9. The maximum Gasteiger partial charge on any atom is 0.248 e. The molecule has 2 aromatic carbocycles. The third kappa shape index (κ3) is 5.55. The van der Waals surface area contributed by atoms with Gasteiger partial charge in [-0.2, -0.15) is 0 Å². The van der Waals surface area contributed by atoms with Crippen LogP contribution in [0.2, 0.25) is 0 Å². The highest BCUT2D eigenvalue weighted by Gasteiger charge is 2.31. The van der Waals surface area contributed by atoms with E-state index >= 15 is 0 Å². The zero-order chi connectivity index (χ0) is 20.0. The lowest BCUT2D eigenvalue weighted by Gasteiger charge is -2.30. The van der Waals surface area contributed by atoms with Gasteiger partial charge in [-0.05, 0) is 43.2 Å². The summed E-state index contributed by atoms with van der Waals surface area (Å²) in [5, 5.41) is 2.82. The minimum absolute atomic E-state index is 0.338. The lowest BCUT2D eigenvalue weighted by atomic mass is 10.1. The molecular weight excluding hydrogens is 364 g/mol. The van der Waals surface area contributed by atoms with E-state index in [1.165, 1.54) is 4.31 Å². The molecule has 27 heavy (non-hydrogen) atoms. The van der Waals surface area contributed by atoms with Crippen LogP contribution in [0, 0.1) is 6.92 Å². The van der Waals surface area contributed by atoms with E-state index in [1.807, 2.05) is 37.3 Å². The Morgan fingerprint density at radius 2 is 1.85 bits per heavy atom. The van der Waals surface area contributed by atoms with E-state index in [1.54, 1.807) is 32.2 Å². The molecule has 0 aromatic heterocycles. The van der Waals surface area contributed by atoms with Crippen molar-refractivity contribution in [3.8, 4) is 0 Å². The predicted octanol–water partition coefficient (Wildman–Crippen LogP) is 3.32. The second-order valence-electron chi connectivity index (χ2n) is 6.44. The number of rotatable bonds is 8. The van der Waals surface area contributed by atoms with Gasteiger partial charge in [0.15, 0.2) is 0 Å². The number of methoxy groups -OCH3 is 1. The van der Waals surface area contributed by atoms with Gasteiger partial charge in [-0.3, -0.25) is 9.10 Å². The van der Waals surface area contributed by atoms with Gasteiger partial charge in [0.05, 0.1) is 18.6 Å². The summed E-state index contributed by atoms with van der Waals surface area (Å²) in [5.41, 5.74) is 3.00. The molecule has 0 unspecified atom stereocenters. The van der Waals surface area contributed by atoms with Gasteiger partial charge in [-0.25, -0.2) is 8.42 Å². The van der Waals surface area contributed by atoms with Crippen molar-refractivity contribution in [1.29, 1.82) is 0 Å². The van der Waals surface area contributed by atoms with Gasteiger partial charge in [-0.1, -0.05) is 36.8 Å². The largest absolute Gasteiger partial charge is 0.380 e. The van der Waals surface area contributed by atoms with E-state index in [0.717, 1.165) is 17.4 Å².